The maximum Gasteiger partial charge on any atom is 0.321 e. The molecular weight excluding hydrogens is 326 g/mol. The lowest BCUT2D eigenvalue weighted by atomic mass is 10.2. The van der Waals surface area contributed by atoms with Crippen LogP contribution < -0.4 is 5.32 Å². The average molecular weight is 346 g/mol. The highest BCUT2D eigenvalue weighted by molar-refractivity contribution is 7.89. The molecular formula is C14H20ClN3O3S. The monoisotopic (exact) mass is 345 g/mol. The van der Waals surface area contributed by atoms with Crippen molar-refractivity contribution in [1.29, 1.82) is 0 Å². The minimum atomic E-state index is -3.18. The molecule has 22 heavy (non-hydrogen) atoms. The number of carbonyl (C=O) groups excluding carboxylic acids is 1. The van der Waals surface area contributed by atoms with Crippen molar-refractivity contribution < 1.29 is 13.2 Å². The Hall–Kier alpha value is -1.31. The smallest absolute Gasteiger partial charge is 0.321 e. The predicted octanol–water partition coefficient (Wildman–Crippen LogP) is 2.15. The van der Waals surface area contributed by atoms with Crippen LogP contribution in [-0.4, -0.2) is 55.6 Å². The van der Waals surface area contributed by atoms with E-state index in [0.717, 1.165) is 5.56 Å². The molecule has 1 aromatic rings. The number of nitrogens with zero attached hydrogens (tertiary/aromatic N) is 2. The van der Waals surface area contributed by atoms with Crippen LogP contribution in [0.2, 0.25) is 5.02 Å². The van der Waals surface area contributed by atoms with Crippen LogP contribution in [0.1, 0.15) is 12.5 Å². The van der Waals surface area contributed by atoms with E-state index in [1.807, 2.05) is 13.0 Å². The van der Waals surface area contributed by atoms with Crippen molar-refractivity contribution in [3.05, 3.63) is 28.8 Å². The highest BCUT2D eigenvalue weighted by Gasteiger charge is 2.27. The van der Waals surface area contributed by atoms with Crippen molar-refractivity contribution >= 4 is 33.3 Å². The van der Waals surface area contributed by atoms with Gasteiger partial charge in [0.2, 0.25) is 10.0 Å². The molecule has 1 aliphatic rings. The number of rotatable bonds is 3. The van der Waals surface area contributed by atoms with E-state index in [-0.39, 0.29) is 11.8 Å². The molecule has 0 bridgehead atoms. The van der Waals surface area contributed by atoms with Crippen molar-refractivity contribution in [2.75, 3.05) is 37.2 Å². The number of hydrogen-bond donors (Lipinski definition) is 1. The SMILES string of the molecule is CCS(=O)(=O)N1CCN(C(=O)Nc2ccc(C)c(Cl)c2)CC1. The molecule has 0 aromatic heterocycles. The molecule has 0 saturated carbocycles. The van der Waals surface area contributed by atoms with E-state index in [2.05, 4.69) is 5.32 Å². The predicted molar refractivity (Wildman–Crippen MR) is 87.8 cm³/mol. The van der Waals surface area contributed by atoms with Crippen LogP contribution in [0.5, 0.6) is 0 Å². The zero-order chi connectivity index (χ0) is 16.3. The van der Waals surface area contributed by atoms with E-state index < -0.39 is 10.0 Å². The van der Waals surface area contributed by atoms with Crippen LogP contribution in [0.3, 0.4) is 0 Å². The first-order valence-electron chi connectivity index (χ1n) is 7.13. The summed E-state index contributed by atoms with van der Waals surface area (Å²) in [7, 11) is -3.18. The van der Waals surface area contributed by atoms with E-state index in [4.69, 9.17) is 11.6 Å². The van der Waals surface area contributed by atoms with Gasteiger partial charge < -0.3 is 10.2 Å². The van der Waals surface area contributed by atoms with Gasteiger partial charge in [-0.05, 0) is 31.5 Å². The molecule has 0 spiro atoms. The van der Waals surface area contributed by atoms with Gasteiger partial charge in [0, 0.05) is 36.9 Å². The largest absolute Gasteiger partial charge is 0.322 e. The Kier molecular flexibility index (Phi) is 5.31. The first kappa shape index (κ1) is 17.1. The van der Waals surface area contributed by atoms with Crippen LogP contribution in [0.25, 0.3) is 0 Å². The van der Waals surface area contributed by atoms with Gasteiger partial charge in [-0.15, -0.1) is 0 Å². The van der Waals surface area contributed by atoms with Gasteiger partial charge in [-0.1, -0.05) is 17.7 Å². The summed E-state index contributed by atoms with van der Waals surface area (Å²) in [4.78, 5) is 13.8. The Morgan fingerprint density at radius 3 is 2.45 bits per heavy atom. The first-order valence-corrected chi connectivity index (χ1v) is 9.12. The van der Waals surface area contributed by atoms with Gasteiger partial charge in [-0.25, -0.2) is 13.2 Å². The lowest BCUT2D eigenvalue weighted by Crippen LogP contribution is -2.51. The van der Waals surface area contributed by atoms with Gasteiger partial charge in [-0.3, -0.25) is 0 Å². The summed E-state index contributed by atoms with van der Waals surface area (Å²) in [5.74, 6) is 0.0844. The third kappa shape index (κ3) is 3.91. The highest BCUT2D eigenvalue weighted by Crippen LogP contribution is 2.20. The molecule has 1 N–H and O–H groups in total. The Bertz CT molecular complexity index is 655. The number of benzene rings is 1. The van der Waals surface area contributed by atoms with E-state index in [0.29, 0.717) is 36.9 Å². The third-order valence-electron chi connectivity index (χ3n) is 3.71. The number of aryl methyl sites for hydroxylation is 1. The molecule has 1 aliphatic heterocycles. The summed E-state index contributed by atoms with van der Waals surface area (Å²) in [5.41, 5.74) is 1.57. The summed E-state index contributed by atoms with van der Waals surface area (Å²) in [6.45, 7) is 4.93. The molecule has 1 saturated heterocycles. The van der Waals surface area contributed by atoms with Gasteiger partial charge in [0.25, 0.3) is 0 Å². The normalized spacial score (nSPS) is 16.6. The lowest BCUT2D eigenvalue weighted by Gasteiger charge is -2.33. The lowest BCUT2D eigenvalue weighted by molar-refractivity contribution is 0.184. The standard InChI is InChI=1S/C14H20ClN3O3S/c1-3-22(20,21)18-8-6-17(7-9-18)14(19)16-12-5-4-11(2)13(15)10-12/h4-5,10H,3,6-9H2,1-2H3,(H,16,19). The topological polar surface area (TPSA) is 69.7 Å². The molecule has 0 radical (unpaired) electrons. The number of amides is 2. The maximum atomic E-state index is 12.2. The third-order valence-corrected chi connectivity index (χ3v) is 6.00. The Labute approximate surface area is 136 Å². The van der Waals surface area contributed by atoms with E-state index in [9.17, 15) is 13.2 Å². The molecule has 1 aromatic carbocycles. The van der Waals surface area contributed by atoms with Crippen molar-refractivity contribution in [3.63, 3.8) is 0 Å². The van der Waals surface area contributed by atoms with Gasteiger partial charge in [0.15, 0.2) is 0 Å². The molecule has 1 heterocycles. The molecule has 0 unspecified atom stereocenters. The minimum Gasteiger partial charge on any atom is -0.322 e. The number of nitrogens with one attached hydrogen (secondary N) is 1. The molecule has 0 atom stereocenters. The maximum absolute atomic E-state index is 12.2. The summed E-state index contributed by atoms with van der Waals surface area (Å²) < 4.78 is 25.0. The van der Waals surface area contributed by atoms with E-state index in [1.165, 1.54) is 4.31 Å². The molecule has 6 nitrogen and oxygen atoms in total. The van der Waals surface area contributed by atoms with Crippen LogP contribution in [0.15, 0.2) is 18.2 Å². The highest BCUT2D eigenvalue weighted by atomic mass is 35.5. The quantitative estimate of drug-likeness (QED) is 0.912. The molecule has 2 amide bonds. The van der Waals surface area contributed by atoms with Crippen LogP contribution in [0, 0.1) is 6.92 Å². The van der Waals surface area contributed by atoms with Crippen LogP contribution >= 0.6 is 11.6 Å². The number of piperazine rings is 1. The second kappa shape index (κ2) is 6.85. The zero-order valence-electron chi connectivity index (χ0n) is 12.7. The van der Waals surface area contributed by atoms with E-state index >= 15 is 0 Å². The fourth-order valence-electron chi connectivity index (χ4n) is 2.23. The second-order valence-electron chi connectivity index (χ2n) is 5.18. The van der Waals surface area contributed by atoms with Gasteiger partial charge >= 0.3 is 6.03 Å². The summed E-state index contributed by atoms with van der Waals surface area (Å²) in [6, 6.07) is 5.08. The number of halogens is 1. The second-order valence-corrected chi connectivity index (χ2v) is 7.85. The van der Waals surface area contributed by atoms with Gasteiger partial charge in [0.1, 0.15) is 0 Å². The molecule has 1 fully saturated rings. The van der Waals surface area contributed by atoms with E-state index in [1.54, 1.807) is 24.0 Å². The van der Waals surface area contributed by atoms with Crippen molar-refractivity contribution in [2.24, 2.45) is 0 Å². The fourth-order valence-corrected chi connectivity index (χ4v) is 3.49. The molecule has 122 valence electrons. The van der Waals surface area contributed by atoms with Crippen LogP contribution in [-0.2, 0) is 10.0 Å². The Morgan fingerprint density at radius 1 is 1.27 bits per heavy atom. The van der Waals surface area contributed by atoms with Gasteiger partial charge in [-0.2, -0.15) is 4.31 Å². The van der Waals surface area contributed by atoms with Crippen molar-refractivity contribution in [2.45, 2.75) is 13.8 Å². The summed E-state index contributed by atoms with van der Waals surface area (Å²) >= 11 is 6.03. The number of hydrogen-bond acceptors (Lipinski definition) is 3. The molecule has 2 rings (SSSR count). The number of urea groups is 1. The first-order chi connectivity index (χ1) is 10.3. The van der Waals surface area contributed by atoms with Crippen molar-refractivity contribution in [3.8, 4) is 0 Å². The molecule has 8 heteroatoms. The van der Waals surface area contributed by atoms with Gasteiger partial charge in [0.05, 0.1) is 5.75 Å². The zero-order valence-corrected chi connectivity index (χ0v) is 14.2. The van der Waals surface area contributed by atoms with Crippen LogP contribution in [0.4, 0.5) is 10.5 Å². The minimum absolute atomic E-state index is 0.0844. The number of carbonyl (C=O) groups is 1. The summed E-state index contributed by atoms with van der Waals surface area (Å²) in [6.07, 6.45) is 0. The average Bonchev–Trinajstić information content (AvgIpc) is 2.51. The molecule has 0 aliphatic carbocycles. The number of anilines is 1. The number of sulfonamides is 1. The Morgan fingerprint density at radius 2 is 1.91 bits per heavy atom. The summed E-state index contributed by atoms with van der Waals surface area (Å²) in [5, 5.41) is 3.38. The van der Waals surface area contributed by atoms with Crippen molar-refractivity contribution in [1.82, 2.24) is 9.21 Å². The fraction of sp³-hybridized carbons (Fsp3) is 0.500. The Balaban J connectivity index is 1.94.